The van der Waals surface area contributed by atoms with Gasteiger partial charge in [-0.1, -0.05) is 6.58 Å². The van der Waals surface area contributed by atoms with E-state index in [9.17, 15) is 0 Å². The normalized spacial score (nSPS) is 20.0. The lowest BCUT2D eigenvalue weighted by Gasteiger charge is -2.33. The van der Waals surface area contributed by atoms with Gasteiger partial charge in [-0.25, -0.2) is 0 Å². The predicted molar refractivity (Wildman–Crippen MR) is 70.9 cm³/mol. The van der Waals surface area contributed by atoms with Crippen LogP contribution in [-0.2, 0) is 4.74 Å². The fourth-order valence-corrected chi connectivity index (χ4v) is 2.19. The van der Waals surface area contributed by atoms with Crippen LogP contribution < -0.4 is 4.90 Å². The van der Waals surface area contributed by atoms with Crippen molar-refractivity contribution in [3.05, 3.63) is 30.6 Å². The Hall–Kier alpha value is -1.35. The fraction of sp³-hybridized carbons (Fsp3) is 0.500. The van der Waals surface area contributed by atoms with E-state index in [1.54, 1.807) is 0 Å². The Labute approximate surface area is 103 Å². The van der Waals surface area contributed by atoms with Gasteiger partial charge in [0.05, 0.1) is 11.4 Å². The van der Waals surface area contributed by atoms with E-state index >= 15 is 0 Å². The minimum atomic E-state index is 0.172. The molecule has 17 heavy (non-hydrogen) atoms. The van der Waals surface area contributed by atoms with Crippen LogP contribution in [0.1, 0.15) is 31.9 Å². The van der Waals surface area contributed by atoms with Crippen molar-refractivity contribution in [2.75, 3.05) is 18.6 Å². The van der Waals surface area contributed by atoms with Crippen molar-refractivity contribution in [2.45, 2.75) is 32.4 Å². The Morgan fingerprint density at radius 1 is 1.53 bits per heavy atom. The molecule has 1 saturated heterocycles. The second kappa shape index (κ2) is 5.32. The summed E-state index contributed by atoms with van der Waals surface area (Å²) in [7, 11) is 2.07. The third kappa shape index (κ3) is 2.67. The van der Waals surface area contributed by atoms with E-state index in [2.05, 4.69) is 29.6 Å². The van der Waals surface area contributed by atoms with Gasteiger partial charge in [0.25, 0.3) is 0 Å². The minimum absolute atomic E-state index is 0.172. The van der Waals surface area contributed by atoms with Crippen LogP contribution in [0.2, 0.25) is 0 Å². The van der Waals surface area contributed by atoms with E-state index in [1.165, 1.54) is 12.8 Å². The highest BCUT2D eigenvalue weighted by Crippen LogP contribution is 2.27. The van der Waals surface area contributed by atoms with Gasteiger partial charge < -0.3 is 9.64 Å². The largest absolute Gasteiger partial charge is 0.358 e. The molecule has 1 aliphatic heterocycles. The Morgan fingerprint density at radius 2 is 2.35 bits per heavy atom. The summed E-state index contributed by atoms with van der Waals surface area (Å²) in [5.41, 5.74) is 3.05. The standard InChI is InChI=1S/C14H20N2O/c1-11(2)14-12(7-6-9-15-14)16(3)13-8-4-5-10-17-13/h6-7,9,13H,1,4-5,8,10H2,2-3H3. The van der Waals surface area contributed by atoms with Crippen molar-refractivity contribution in [3.8, 4) is 0 Å². The van der Waals surface area contributed by atoms with Gasteiger partial charge in [0.15, 0.2) is 0 Å². The van der Waals surface area contributed by atoms with Gasteiger partial charge in [-0.3, -0.25) is 4.98 Å². The number of hydrogen-bond donors (Lipinski definition) is 0. The molecule has 0 N–H and O–H groups in total. The van der Waals surface area contributed by atoms with Gasteiger partial charge in [0.1, 0.15) is 6.23 Å². The molecule has 3 nitrogen and oxygen atoms in total. The summed E-state index contributed by atoms with van der Waals surface area (Å²) in [5, 5.41) is 0. The zero-order valence-electron chi connectivity index (χ0n) is 10.6. The molecule has 92 valence electrons. The molecule has 0 saturated carbocycles. The van der Waals surface area contributed by atoms with Crippen molar-refractivity contribution in [1.29, 1.82) is 0 Å². The zero-order chi connectivity index (χ0) is 12.3. The summed E-state index contributed by atoms with van der Waals surface area (Å²) in [6.45, 7) is 6.83. The molecule has 3 heteroatoms. The molecule has 2 heterocycles. The lowest BCUT2D eigenvalue weighted by Crippen LogP contribution is -2.37. The Morgan fingerprint density at radius 3 is 3.00 bits per heavy atom. The zero-order valence-corrected chi connectivity index (χ0v) is 10.6. The molecule has 1 fully saturated rings. The summed E-state index contributed by atoms with van der Waals surface area (Å²) in [6, 6.07) is 4.04. The van der Waals surface area contributed by atoms with Crippen molar-refractivity contribution >= 4 is 11.3 Å². The summed E-state index contributed by atoms with van der Waals surface area (Å²) in [4.78, 5) is 6.57. The Balaban J connectivity index is 2.23. The lowest BCUT2D eigenvalue weighted by molar-refractivity contribution is 0.0173. The van der Waals surface area contributed by atoms with Gasteiger partial charge in [-0.05, 0) is 43.9 Å². The smallest absolute Gasteiger partial charge is 0.129 e. The molecule has 0 aromatic carbocycles. The first kappa shape index (κ1) is 12.1. The molecule has 0 aliphatic carbocycles. The second-order valence-electron chi connectivity index (χ2n) is 4.58. The summed E-state index contributed by atoms with van der Waals surface area (Å²) in [6.07, 6.45) is 5.47. The molecule has 1 atom stereocenters. The summed E-state index contributed by atoms with van der Waals surface area (Å²) in [5.74, 6) is 0. The van der Waals surface area contributed by atoms with Gasteiger partial charge in [0, 0.05) is 19.9 Å². The van der Waals surface area contributed by atoms with E-state index < -0.39 is 0 Å². The lowest BCUT2D eigenvalue weighted by atomic mass is 10.1. The molecule has 1 unspecified atom stereocenters. The third-order valence-electron chi connectivity index (χ3n) is 3.16. The van der Waals surface area contributed by atoms with Crippen LogP contribution in [0.25, 0.3) is 5.57 Å². The number of ether oxygens (including phenoxy) is 1. The highest BCUT2D eigenvalue weighted by atomic mass is 16.5. The fourth-order valence-electron chi connectivity index (χ4n) is 2.19. The molecule has 1 aliphatic rings. The van der Waals surface area contributed by atoms with E-state index in [4.69, 9.17) is 4.74 Å². The van der Waals surface area contributed by atoms with E-state index in [1.807, 2.05) is 19.2 Å². The van der Waals surface area contributed by atoms with Crippen LogP contribution in [0.3, 0.4) is 0 Å². The topological polar surface area (TPSA) is 25.4 Å². The molecule has 0 amide bonds. The van der Waals surface area contributed by atoms with Crippen molar-refractivity contribution in [2.24, 2.45) is 0 Å². The summed E-state index contributed by atoms with van der Waals surface area (Å²) >= 11 is 0. The van der Waals surface area contributed by atoms with Gasteiger partial charge in [0.2, 0.25) is 0 Å². The number of anilines is 1. The first-order chi connectivity index (χ1) is 8.20. The molecule has 0 radical (unpaired) electrons. The van der Waals surface area contributed by atoms with E-state index in [0.717, 1.165) is 30.0 Å². The predicted octanol–water partition coefficient (Wildman–Crippen LogP) is 3.08. The maximum atomic E-state index is 5.80. The second-order valence-corrected chi connectivity index (χ2v) is 4.58. The minimum Gasteiger partial charge on any atom is -0.358 e. The Bertz CT molecular complexity index is 397. The van der Waals surface area contributed by atoms with Crippen LogP contribution in [0, 0.1) is 0 Å². The van der Waals surface area contributed by atoms with Crippen LogP contribution in [-0.4, -0.2) is 24.9 Å². The van der Waals surface area contributed by atoms with E-state index in [-0.39, 0.29) is 6.23 Å². The monoisotopic (exact) mass is 232 g/mol. The number of nitrogens with zero attached hydrogens (tertiary/aromatic N) is 2. The molecule has 0 bridgehead atoms. The molecular formula is C14H20N2O. The average Bonchev–Trinajstić information content (AvgIpc) is 2.39. The van der Waals surface area contributed by atoms with Crippen LogP contribution in [0.15, 0.2) is 24.9 Å². The number of rotatable bonds is 3. The number of aromatic nitrogens is 1. The third-order valence-corrected chi connectivity index (χ3v) is 3.16. The number of hydrogen-bond acceptors (Lipinski definition) is 3. The first-order valence-electron chi connectivity index (χ1n) is 6.15. The number of allylic oxidation sites excluding steroid dienone is 1. The molecule has 2 rings (SSSR count). The first-order valence-corrected chi connectivity index (χ1v) is 6.15. The van der Waals surface area contributed by atoms with Gasteiger partial charge in [-0.2, -0.15) is 0 Å². The average molecular weight is 232 g/mol. The molecule has 1 aromatic rings. The molecule has 0 spiro atoms. The van der Waals surface area contributed by atoms with Crippen molar-refractivity contribution < 1.29 is 4.74 Å². The number of pyridine rings is 1. The van der Waals surface area contributed by atoms with Crippen molar-refractivity contribution in [3.63, 3.8) is 0 Å². The Kier molecular flexibility index (Phi) is 3.79. The molecular weight excluding hydrogens is 212 g/mol. The molecule has 1 aromatic heterocycles. The van der Waals surface area contributed by atoms with Gasteiger partial charge >= 0.3 is 0 Å². The van der Waals surface area contributed by atoms with Crippen LogP contribution in [0.5, 0.6) is 0 Å². The quantitative estimate of drug-likeness (QED) is 0.800. The SMILES string of the molecule is C=C(C)c1ncccc1N(C)C1CCCCO1. The van der Waals surface area contributed by atoms with Crippen LogP contribution >= 0.6 is 0 Å². The maximum Gasteiger partial charge on any atom is 0.129 e. The summed E-state index contributed by atoms with van der Waals surface area (Å²) < 4.78 is 5.80. The maximum absolute atomic E-state index is 5.80. The van der Waals surface area contributed by atoms with Gasteiger partial charge in [-0.15, -0.1) is 0 Å². The van der Waals surface area contributed by atoms with E-state index in [0.29, 0.717) is 0 Å². The van der Waals surface area contributed by atoms with Crippen molar-refractivity contribution in [1.82, 2.24) is 4.98 Å². The van der Waals surface area contributed by atoms with Crippen LogP contribution in [0.4, 0.5) is 5.69 Å². The highest BCUT2D eigenvalue weighted by molar-refractivity contribution is 5.71. The highest BCUT2D eigenvalue weighted by Gasteiger charge is 2.21.